The van der Waals surface area contributed by atoms with Crippen LogP contribution < -0.4 is 5.32 Å². The first kappa shape index (κ1) is 15.8. The van der Waals surface area contributed by atoms with Crippen LogP contribution in [0, 0.1) is 5.41 Å². The number of amides is 1. The quantitative estimate of drug-likeness (QED) is 0.764. The number of carbonyl (C=O) groups is 1. The van der Waals surface area contributed by atoms with Crippen molar-refractivity contribution in [2.45, 2.75) is 51.1 Å². The third-order valence-electron chi connectivity index (χ3n) is 3.49. The molecule has 0 aromatic carbocycles. The standard InChI is InChI=1S/C12H19BrF3NO/c13-8-11(5-2-1-3-6-11)9-17-10(18)4-7-12(14,15)16/h1-9H2,(H,17,18). The van der Waals surface area contributed by atoms with Crippen LogP contribution in [0.2, 0.25) is 0 Å². The summed E-state index contributed by atoms with van der Waals surface area (Å²) in [6, 6.07) is 0. The second-order valence-corrected chi connectivity index (χ2v) is 5.65. The molecule has 18 heavy (non-hydrogen) atoms. The predicted molar refractivity (Wildman–Crippen MR) is 67.6 cm³/mol. The molecular formula is C12H19BrF3NO. The molecule has 0 atom stereocenters. The van der Waals surface area contributed by atoms with Gasteiger partial charge in [0.25, 0.3) is 0 Å². The first-order valence-corrected chi connectivity index (χ1v) is 7.38. The molecule has 0 bridgehead atoms. The highest BCUT2D eigenvalue weighted by molar-refractivity contribution is 9.09. The average molecular weight is 330 g/mol. The monoisotopic (exact) mass is 329 g/mol. The average Bonchev–Trinajstić information content (AvgIpc) is 2.34. The van der Waals surface area contributed by atoms with Crippen LogP contribution in [0.25, 0.3) is 0 Å². The molecule has 1 rings (SSSR count). The van der Waals surface area contributed by atoms with Gasteiger partial charge in [0.15, 0.2) is 0 Å². The lowest BCUT2D eigenvalue weighted by Gasteiger charge is -2.35. The Morgan fingerprint density at radius 3 is 2.33 bits per heavy atom. The van der Waals surface area contributed by atoms with E-state index in [-0.39, 0.29) is 5.41 Å². The van der Waals surface area contributed by atoms with Gasteiger partial charge in [-0.05, 0) is 18.3 Å². The summed E-state index contributed by atoms with van der Waals surface area (Å²) in [7, 11) is 0. The lowest BCUT2D eigenvalue weighted by molar-refractivity contribution is -0.144. The fourth-order valence-corrected chi connectivity index (χ4v) is 3.05. The van der Waals surface area contributed by atoms with Gasteiger partial charge in [-0.2, -0.15) is 13.2 Å². The number of halogens is 4. The van der Waals surface area contributed by atoms with Gasteiger partial charge >= 0.3 is 6.18 Å². The van der Waals surface area contributed by atoms with Crippen LogP contribution in [-0.2, 0) is 4.79 Å². The molecule has 1 aliphatic rings. The lowest BCUT2D eigenvalue weighted by Crippen LogP contribution is -2.40. The van der Waals surface area contributed by atoms with E-state index in [9.17, 15) is 18.0 Å². The van der Waals surface area contributed by atoms with E-state index < -0.39 is 24.9 Å². The van der Waals surface area contributed by atoms with Crippen molar-refractivity contribution in [1.29, 1.82) is 0 Å². The van der Waals surface area contributed by atoms with Crippen molar-refractivity contribution in [3.8, 4) is 0 Å². The van der Waals surface area contributed by atoms with Crippen molar-refractivity contribution in [3.05, 3.63) is 0 Å². The molecule has 0 saturated heterocycles. The largest absolute Gasteiger partial charge is 0.389 e. The van der Waals surface area contributed by atoms with Crippen molar-refractivity contribution < 1.29 is 18.0 Å². The van der Waals surface area contributed by atoms with Gasteiger partial charge in [-0.1, -0.05) is 35.2 Å². The van der Waals surface area contributed by atoms with Crippen molar-refractivity contribution in [1.82, 2.24) is 5.32 Å². The highest BCUT2D eigenvalue weighted by Crippen LogP contribution is 2.37. The van der Waals surface area contributed by atoms with Gasteiger partial charge in [0.2, 0.25) is 5.91 Å². The summed E-state index contributed by atoms with van der Waals surface area (Å²) in [5, 5.41) is 3.44. The third-order valence-corrected chi connectivity index (χ3v) is 4.68. The van der Waals surface area contributed by atoms with Crippen LogP contribution in [0.4, 0.5) is 13.2 Å². The number of rotatable bonds is 5. The summed E-state index contributed by atoms with van der Waals surface area (Å²) >= 11 is 3.46. The SMILES string of the molecule is O=C(CCC(F)(F)F)NCC1(CBr)CCCCC1. The van der Waals surface area contributed by atoms with E-state index in [1.54, 1.807) is 0 Å². The molecule has 0 spiro atoms. The van der Waals surface area contributed by atoms with E-state index in [2.05, 4.69) is 21.2 Å². The van der Waals surface area contributed by atoms with Gasteiger partial charge in [-0.25, -0.2) is 0 Å². The van der Waals surface area contributed by atoms with Gasteiger partial charge in [-0.3, -0.25) is 4.79 Å². The molecule has 1 saturated carbocycles. The summed E-state index contributed by atoms with van der Waals surface area (Å²) in [6.45, 7) is 0.481. The third kappa shape index (κ3) is 5.59. The Kier molecular flexibility index (Phi) is 5.95. The van der Waals surface area contributed by atoms with Gasteiger partial charge in [-0.15, -0.1) is 0 Å². The van der Waals surface area contributed by atoms with E-state index in [0.717, 1.165) is 31.0 Å². The molecule has 0 aromatic rings. The molecular weight excluding hydrogens is 311 g/mol. The molecule has 0 unspecified atom stereocenters. The zero-order chi connectivity index (χ0) is 13.6. The summed E-state index contributed by atoms with van der Waals surface area (Å²) in [4.78, 5) is 11.4. The van der Waals surface area contributed by atoms with E-state index in [1.165, 1.54) is 6.42 Å². The summed E-state index contributed by atoms with van der Waals surface area (Å²) < 4.78 is 35.9. The minimum atomic E-state index is -4.25. The topological polar surface area (TPSA) is 29.1 Å². The molecule has 0 heterocycles. The molecule has 0 aromatic heterocycles. The van der Waals surface area contributed by atoms with Crippen LogP contribution in [0.1, 0.15) is 44.9 Å². The van der Waals surface area contributed by atoms with E-state index in [0.29, 0.717) is 6.54 Å². The van der Waals surface area contributed by atoms with E-state index >= 15 is 0 Å². The molecule has 1 amide bonds. The van der Waals surface area contributed by atoms with Gasteiger partial charge < -0.3 is 5.32 Å². The highest BCUT2D eigenvalue weighted by Gasteiger charge is 2.32. The normalized spacial score (nSPS) is 19.6. The van der Waals surface area contributed by atoms with Crippen LogP contribution in [0.3, 0.4) is 0 Å². The minimum absolute atomic E-state index is 0.0339. The zero-order valence-electron chi connectivity index (χ0n) is 10.3. The number of nitrogens with one attached hydrogen (secondary N) is 1. The highest BCUT2D eigenvalue weighted by atomic mass is 79.9. The number of alkyl halides is 4. The van der Waals surface area contributed by atoms with E-state index in [4.69, 9.17) is 0 Å². The Morgan fingerprint density at radius 1 is 1.22 bits per heavy atom. The van der Waals surface area contributed by atoms with Crippen LogP contribution in [-0.4, -0.2) is 24.0 Å². The Bertz CT molecular complexity index is 275. The number of hydrogen-bond acceptors (Lipinski definition) is 1. The van der Waals surface area contributed by atoms with Crippen LogP contribution in [0.5, 0.6) is 0 Å². The molecule has 1 fully saturated rings. The fraction of sp³-hybridized carbons (Fsp3) is 0.917. The maximum absolute atomic E-state index is 12.0. The Morgan fingerprint density at radius 2 is 1.83 bits per heavy atom. The number of carbonyl (C=O) groups excluding carboxylic acids is 1. The summed E-state index contributed by atoms with van der Waals surface area (Å²) in [6.07, 6.45) is -0.252. The molecule has 1 aliphatic carbocycles. The predicted octanol–water partition coefficient (Wildman–Crippen LogP) is 3.79. The molecule has 106 valence electrons. The van der Waals surface area contributed by atoms with Crippen LogP contribution in [0.15, 0.2) is 0 Å². The Hall–Kier alpha value is -0.260. The molecule has 0 radical (unpaired) electrons. The maximum atomic E-state index is 12.0. The second-order valence-electron chi connectivity index (χ2n) is 5.09. The van der Waals surface area contributed by atoms with Crippen molar-refractivity contribution in [2.24, 2.45) is 5.41 Å². The fourth-order valence-electron chi connectivity index (χ4n) is 2.29. The lowest BCUT2D eigenvalue weighted by atomic mass is 9.75. The van der Waals surface area contributed by atoms with Crippen molar-refractivity contribution in [2.75, 3.05) is 11.9 Å². The van der Waals surface area contributed by atoms with Crippen molar-refractivity contribution in [3.63, 3.8) is 0 Å². The number of hydrogen-bond donors (Lipinski definition) is 1. The van der Waals surface area contributed by atoms with Crippen molar-refractivity contribution >= 4 is 21.8 Å². The van der Waals surface area contributed by atoms with Gasteiger partial charge in [0.1, 0.15) is 0 Å². The first-order valence-electron chi connectivity index (χ1n) is 6.26. The van der Waals surface area contributed by atoms with Crippen LogP contribution >= 0.6 is 15.9 Å². The smallest absolute Gasteiger partial charge is 0.356 e. The molecule has 6 heteroatoms. The molecule has 1 N–H and O–H groups in total. The molecule has 0 aliphatic heterocycles. The Labute approximate surface area is 114 Å². The maximum Gasteiger partial charge on any atom is 0.389 e. The summed E-state index contributed by atoms with van der Waals surface area (Å²) in [5.41, 5.74) is 0.0339. The zero-order valence-corrected chi connectivity index (χ0v) is 11.9. The van der Waals surface area contributed by atoms with Gasteiger partial charge in [0, 0.05) is 18.3 Å². The minimum Gasteiger partial charge on any atom is -0.356 e. The Balaban J connectivity index is 2.32. The summed E-state index contributed by atoms with van der Waals surface area (Å²) in [5.74, 6) is -0.502. The molecule has 2 nitrogen and oxygen atoms in total. The van der Waals surface area contributed by atoms with E-state index in [1.807, 2.05) is 0 Å². The first-order chi connectivity index (χ1) is 8.37. The van der Waals surface area contributed by atoms with Gasteiger partial charge in [0.05, 0.1) is 6.42 Å². The second kappa shape index (κ2) is 6.78.